The monoisotopic (exact) mass is 561 g/mol. The van der Waals surface area contributed by atoms with Crippen molar-refractivity contribution in [3.05, 3.63) is 34.3 Å². The first-order chi connectivity index (χ1) is 17.4. The maximum Gasteiger partial charge on any atom is 0.416 e. The van der Waals surface area contributed by atoms with Crippen molar-refractivity contribution < 1.29 is 31.2 Å². The molecular formula is C23H27ClF3N5O4S. The van der Waals surface area contributed by atoms with E-state index in [-0.39, 0.29) is 55.1 Å². The summed E-state index contributed by atoms with van der Waals surface area (Å²) in [4.78, 5) is 27.7. The van der Waals surface area contributed by atoms with Crippen LogP contribution in [-0.2, 0) is 32.5 Å². The van der Waals surface area contributed by atoms with Crippen LogP contribution in [0.3, 0.4) is 0 Å². The van der Waals surface area contributed by atoms with Gasteiger partial charge in [-0.05, 0) is 49.4 Å². The molecular weight excluding hydrogens is 535 g/mol. The van der Waals surface area contributed by atoms with Crippen molar-refractivity contribution in [3.8, 4) is 6.07 Å². The smallest absolute Gasteiger partial charge is 0.350 e. The number of rotatable bonds is 6. The number of carbonyl (C=O) groups is 2. The summed E-state index contributed by atoms with van der Waals surface area (Å²) >= 11 is 5.81. The molecule has 37 heavy (non-hydrogen) atoms. The van der Waals surface area contributed by atoms with Gasteiger partial charge in [0.25, 0.3) is 10.2 Å². The molecule has 3 fully saturated rings. The summed E-state index contributed by atoms with van der Waals surface area (Å²) in [5, 5.41) is 11.4. The number of amides is 2. The van der Waals surface area contributed by atoms with Crippen LogP contribution < -0.4 is 5.32 Å². The van der Waals surface area contributed by atoms with Crippen LogP contribution in [0.15, 0.2) is 18.2 Å². The van der Waals surface area contributed by atoms with Crippen LogP contribution in [0.2, 0.25) is 5.02 Å². The van der Waals surface area contributed by atoms with E-state index in [2.05, 4.69) is 5.32 Å². The van der Waals surface area contributed by atoms with Crippen LogP contribution in [0.1, 0.15) is 36.8 Å². The van der Waals surface area contributed by atoms with Gasteiger partial charge < -0.3 is 10.2 Å². The van der Waals surface area contributed by atoms with Crippen molar-refractivity contribution in [2.75, 3.05) is 32.7 Å². The molecule has 3 aliphatic rings. The van der Waals surface area contributed by atoms with Gasteiger partial charge in [-0.3, -0.25) is 9.59 Å². The van der Waals surface area contributed by atoms with E-state index in [1.54, 1.807) is 0 Å². The number of alkyl halides is 3. The maximum atomic E-state index is 13.3. The third kappa shape index (κ3) is 6.03. The highest BCUT2D eigenvalue weighted by Crippen LogP contribution is 2.32. The molecule has 0 bridgehead atoms. The topological polar surface area (TPSA) is 114 Å². The van der Waals surface area contributed by atoms with Gasteiger partial charge in [0.2, 0.25) is 11.8 Å². The van der Waals surface area contributed by atoms with E-state index >= 15 is 0 Å². The van der Waals surface area contributed by atoms with Crippen LogP contribution in [0.5, 0.6) is 0 Å². The van der Waals surface area contributed by atoms with E-state index in [4.69, 9.17) is 16.9 Å². The van der Waals surface area contributed by atoms with E-state index in [0.29, 0.717) is 32.2 Å². The van der Waals surface area contributed by atoms with Crippen molar-refractivity contribution in [1.82, 2.24) is 18.8 Å². The number of nitrogens with zero attached hydrogens (tertiary/aromatic N) is 4. The molecule has 2 amide bonds. The van der Waals surface area contributed by atoms with Gasteiger partial charge in [-0.25, -0.2) is 0 Å². The third-order valence-electron chi connectivity index (χ3n) is 7.01. The highest BCUT2D eigenvalue weighted by Gasteiger charge is 2.44. The lowest BCUT2D eigenvalue weighted by molar-refractivity contribution is -0.142. The van der Waals surface area contributed by atoms with Crippen LogP contribution in [0.4, 0.5) is 13.2 Å². The minimum Gasteiger partial charge on any atom is -0.350 e. The number of hydrogen-bond acceptors (Lipinski definition) is 5. The van der Waals surface area contributed by atoms with Gasteiger partial charge >= 0.3 is 6.18 Å². The Morgan fingerprint density at radius 3 is 2.46 bits per heavy atom. The molecule has 0 aliphatic carbocycles. The summed E-state index contributed by atoms with van der Waals surface area (Å²) in [5.74, 6) is -1.72. The highest BCUT2D eigenvalue weighted by molar-refractivity contribution is 7.86. The molecule has 0 saturated carbocycles. The number of nitriles is 1. The Hall–Kier alpha value is -2.40. The Morgan fingerprint density at radius 2 is 1.78 bits per heavy atom. The maximum absolute atomic E-state index is 13.3. The molecule has 0 radical (unpaired) electrons. The molecule has 3 heterocycles. The van der Waals surface area contributed by atoms with Gasteiger partial charge in [0.1, 0.15) is 6.04 Å². The Labute approximate surface area is 218 Å². The quantitative estimate of drug-likeness (QED) is 0.573. The number of carbonyl (C=O) groups excluding carboxylic acids is 2. The lowest BCUT2D eigenvalue weighted by Crippen LogP contribution is -2.57. The molecule has 3 aliphatic heterocycles. The number of hydrogen-bond donors (Lipinski definition) is 1. The van der Waals surface area contributed by atoms with Gasteiger partial charge in [-0.1, -0.05) is 11.6 Å². The summed E-state index contributed by atoms with van der Waals surface area (Å²) in [5.41, 5.74) is -0.734. The van der Waals surface area contributed by atoms with Gasteiger partial charge in [0.15, 0.2) is 0 Å². The lowest BCUT2D eigenvalue weighted by Gasteiger charge is -2.41. The van der Waals surface area contributed by atoms with Crippen molar-refractivity contribution in [1.29, 1.82) is 5.26 Å². The second kappa shape index (κ2) is 10.8. The predicted molar refractivity (Wildman–Crippen MR) is 127 cm³/mol. The minimum absolute atomic E-state index is 0.00244. The zero-order valence-electron chi connectivity index (χ0n) is 19.9. The molecule has 1 N–H and O–H groups in total. The van der Waals surface area contributed by atoms with Crippen LogP contribution in [-0.4, -0.2) is 72.5 Å². The zero-order valence-corrected chi connectivity index (χ0v) is 21.4. The molecule has 202 valence electrons. The van der Waals surface area contributed by atoms with Gasteiger partial charge in [0.05, 0.1) is 23.5 Å². The molecule has 14 heteroatoms. The Balaban J connectivity index is 1.37. The molecule has 0 spiro atoms. The van der Waals surface area contributed by atoms with Crippen molar-refractivity contribution >= 4 is 33.6 Å². The zero-order chi connectivity index (χ0) is 27.0. The minimum atomic E-state index is -4.58. The normalized spacial score (nSPS) is 23.9. The van der Waals surface area contributed by atoms with Gasteiger partial charge in [-0.15, -0.1) is 0 Å². The fraction of sp³-hybridized carbons (Fsp3) is 0.609. The van der Waals surface area contributed by atoms with Crippen LogP contribution in [0, 0.1) is 23.2 Å². The molecule has 0 unspecified atom stereocenters. The molecule has 0 aromatic heterocycles. The van der Waals surface area contributed by atoms with Gasteiger partial charge in [0, 0.05) is 44.3 Å². The summed E-state index contributed by atoms with van der Waals surface area (Å²) in [7, 11) is -3.77. The number of likely N-dealkylation sites (tertiary alicyclic amines) is 1. The Kier molecular flexibility index (Phi) is 8.04. The largest absolute Gasteiger partial charge is 0.416 e. The fourth-order valence-corrected chi connectivity index (χ4v) is 7.03. The third-order valence-corrected chi connectivity index (χ3v) is 9.16. The highest BCUT2D eigenvalue weighted by atomic mass is 35.5. The van der Waals surface area contributed by atoms with Gasteiger partial charge in [-0.2, -0.15) is 35.5 Å². The first-order valence-electron chi connectivity index (χ1n) is 12.0. The predicted octanol–water partition coefficient (Wildman–Crippen LogP) is 2.38. The Bertz CT molecular complexity index is 1200. The van der Waals surface area contributed by atoms with Crippen molar-refractivity contribution in [2.45, 2.75) is 44.4 Å². The molecule has 1 aromatic carbocycles. The molecule has 4 rings (SSSR count). The molecule has 1 aromatic rings. The molecule has 3 saturated heterocycles. The second-order valence-electron chi connectivity index (χ2n) is 9.60. The van der Waals surface area contributed by atoms with E-state index in [9.17, 15) is 31.2 Å². The number of nitrogens with one attached hydrogen (secondary N) is 1. The molecule has 9 nitrogen and oxygen atoms in total. The molecule has 2 atom stereocenters. The number of halogens is 4. The average Bonchev–Trinajstić information content (AvgIpc) is 3.30. The van der Waals surface area contributed by atoms with E-state index in [1.165, 1.54) is 19.6 Å². The summed E-state index contributed by atoms with van der Waals surface area (Å²) < 4.78 is 67.5. The average molecular weight is 562 g/mol. The first-order valence-corrected chi connectivity index (χ1v) is 13.8. The first kappa shape index (κ1) is 27.6. The number of piperidine rings is 1. The fourth-order valence-electron chi connectivity index (χ4n) is 4.99. The van der Waals surface area contributed by atoms with E-state index < -0.39 is 39.8 Å². The summed E-state index contributed by atoms with van der Waals surface area (Å²) in [6.45, 7) is 0.714. The van der Waals surface area contributed by atoms with Crippen LogP contribution >= 0.6 is 11.6 Å². The van der Waals surface area contributed by atoms with Crippen LogP contribution in [0.25, 0.3) is 0 Å². The lowest BCUT2D eigenvalue weighted by atomic mass is 9.97. The van der Waals surface area contributed by atoms with E-state index in [0.717, 1.165) is 12.1 Å². The standard InChI is InChI=1S/C23H27ClF3N5O4S/c24-19-8-15(7-18(9-19)23(25,26)27)11-29-21(33)20-4-2-6-32(20)22(34)17-3-1-5-30(14-17)37(35,36)31-12-16(10-28)13-31/h7-9,16-17,20H,1-6,11-14H2,(H,29,33)/t17-,20+/m0/s1. The second-order valence-corrected chi connectivity index (χ2v) is 12.0. The van der Waals surface area contributed by atoms with Crippen molar-refractivity contribution in [2.24, 2.45) is 11.8 Å². The SMILES string of the molecule is N#CC1CN(S(=O)(=O)N2CCC[C@H](C(=O)N3CCC[C@@H]3C(=O)NCc3cc(Cl)cc(C(F)(F)F)c3)C2)C1. The van der Waals surface area contributed by atoms with E-state index in [1.807, 2.05) is 6.07 Å². The van der Waals surface area contributed by atoms with Crippen molar-refractivity contribution in [3.63, 3.8) is 0 Å². The summed E-state index contributed by atoms with van der Waals surface area (Å²) in [6, 6.07) is 4.31. The summed E-state index contributed by atoms with van der Waals surface area (Å²) in [6.07, 6.45) is -2.62. The Morgan fingerprint density at radius 1 is 1.08 bits per heavy atom. The number of benzene rings is 1.